The molecule has 0 unspecified atom stereocenters. The molecule has 5 heterocycles. The Labute approximate surface area is 227 Å². The number of nitriles is 1. The monoisotopic (exact) mass is 525 g/mol. The van der Waals surface area contributed by atoms with E-state index < -0.39 is 5.41 Å². The second kappa shape index (κ2) is 10.6. The summed E-state index contributed by atoms with van der Waals surface area (Å²) in [6, 6.07) is 9.88. The molecule has 1 atom stereocenters. The molecule has 2 aromatic heterocycles. The number of anilines is 2. The van der Waals surface area contributed by atoms with Crippen molar-refractivity contribution in [1.82, 2.24) is 20.3 Å². The molecule has 3 aromatic rings. The first-order chi connectivity index (χ1) is 19.0. The molecule has 0 spiro atoms. The van der Waals surface area contributed by atoms with E-state index in [1.165, 1.54) is 11.1 Å². The number of hydrogen-bond donors (Lipinski definition) is 1. The van der Waals surface area contributed by atoms with Crippen molar-refractivity contribution in [1.29, 1.82) is 5.26 Å². The van der Waals surface area contributed by atoms with E-state index in [4.69, 9.17) is 14.5 Å². The van der Waals surface area contributed by atoms with Gasteiger partial charge in [-0.3, -0.25) is 14.8 Å². The van der Waals surface area contributed by atoms with E-state index in [0.29, 0.717) is 45.1 Å². The van der Waals surface area contributed by atoms with Gasteiger partial charge in [0.2, 0.25) is 0 Å². The molecule has 1 saturated heterocycles. The summed E-state index contributed by atoms with van der Waals surface area (Å²) in [5.41, 5.74) is 4.76. The molecule has 3 aliphatic heterocycles. The lowest BCUT2D eigenvalue weighted by atomic mass is 9.79. The highest BCUT2D eigenvalue weighted by atomic mass is 16.5. The van der Waals surface area contributed by atoms with Crippen LogP contribution in [0.2, 0.25) is 0 Å². The minimum absolute atomic E-state index is 0.194. The maximum Gasteiger partial charge on any atom is 0.251 e. The Morgan fingerprint density at radius 3 is 2.69 bits per heavy atom. The predicted octanol–water partition coefficient (Wildman–Crippen LogP) is 2.51. The van der Waals surface area contributed by atoms with Gasteiger partial charge in [-0.25, -0.2) is 4.98 Å². The smallest absolute Gasteiger partial charge is 0.251 e. The van der Waals surface area contributed by atoms with Gasteiger partial charge in [0.1, 0.15) is 17.1 Å². The van der Waals surface area contributed by atoms with Crippen LogP contribution >= 0.6 is 0 Å². The number of nitrogens with zero attached hydrogens (tertiary/aromatic N) is 6. The van der Waals surface area contributed by atoms with Crippen molar-refractivity contribution >= 4 is 17.5 Å². The number of fused-ring (bicyclic) bond motifs is 2. The molecule has 1 N–H and O–H groups in total. The van der Waals surface area contributed by atoms with Crippen molar-refractivity contribution in [3.05, 3.63) is 76.4 Å². The number of nitrogens with one attached hydrogen (secondary N) is 1. The fourth-order valence-electron chi connectivity index (χ4n) is 5.39. The van der Waals surface area contributed by atoms with Crippen LogP contribution in [0.5, 0.6) is 0 Å². The Bertz CT molecular complexity index is 1430. The highest BCUT2D eigenvalue weighted by Gasteiger charge is 2.33. The molecule has 6 rings (SSSR count). The highest BCUT2D eigenvalue weighted by Crippen LogP contribution is 2.32. The predicted molar refractivity (Wildman–Crippen MR) is 144 cm³/mol. The minimum Gasteiger partial charge on any atom is -0.378 e. The third-order valence-corrected chi connectivity index (χ3v) is 7.71. The summed E-state index contributed by atoms with van der Waals surface area (Å²) in [7, 11) is 0. The van der Waals surface area contributed by atoms with Gasteiger partial charge in [0, 0.05) is 37.9 Å². The zero-order valence-electron chi connectivity index (χ0n) is 22.0. The van der Waals surface area contributed by atoms with Crippen LogP contribution in [0, 0.1) is 11.3 Å². The van der Waals surface area contributed by atoms with E-state index in [1.54, 1.807) is 6.07 Å². The quantitative estimate of drug-likeness (QED) is 0.536. The summed E-state index contributed by atoms with van der Waals surface area (Å²) < 4.78 is 11.0. The van der Waals surface area contributed by atoms with E-state index in [0.717, 1.165) is 54.5 Å². The average molecular weight is 526 g/mol. The normalized spacial score (nSPS) is 20.5. The number of carbonyl (C=O) groups is 1. The molecule has 0 radical (unpaired) electrons. The SMILES string of the molecule is C[C@@]1(C#N)COCc2ccc(C(=O)NCc3cc4c(cn3)CCN(c3cncc(N5CCOCC5)n3)C4)cc21. The molecule has 0 saturated carbocycles. The third-order valence-electron chi connectivity index (χ3n) is 7.71. The molecule has 1 fully saturated rings. The standard InChI is InChI=1S/C29H31N7O3/c1-29(18-30)19-39-17-22-3-2-20(11-25(22)29)28(37)33-13-24-10-23-16-36(5-4-21(23)12-32-24)27-15-31-14-26(34-27)35-6-8-38-9-7-35/h2-3,10-12,14-15H,4-9,13,16-17,19H2,1H3,(H,33,37)/t29-/m1/s1. The molecule has 0 aliphatic carbocycles. The van der Waals surface area contributed by atoms with Crippen molar-refractivity contribution < 1.29 is 14.3 Å². The lowest BCUT2D eigenvalue weighted by Gasteiger charge is -2.31. The molecule has 1 aromatic carbocycles. The van der Waals surface area contributed by atoms with Gasteiger partial charge in [-0.1, -0.05) is 6.07 Å². The molecule has 3 aliphatic rings. The van der Waals surface area contributed by atoms with Crippen LogP contribution < -0.4 is 15.1 Å². The van der Waals surface area contributed by atoms with E-state index in [2.05, 4.69) is 37.2 Å². The number of ether oxygens (including phenoxy) is 2. The van der Waals surface area contributed by atoms with Gasteiger partial charge in [0.15, 0.2) is 0 Å². The van der Waals surface area contributed by atoms with Crippen molar-refractivity contribution in [2.45, 2.75) is 38.5 Å². The Hall–Kier alpha value is -4.07. The van der Waals surface area contributed by atoms with Gasteiger partial charge in [-0.05, 0) is 53.8 Å². The topological polar surface area (TPSA) is 116 Å². The maximum absolute atomic E-state index is 13.0. The third kappa shape index (κ3) is 5.15. The molecule has 0 bridgehead atoms. The second-order valence-corrected chi connectivity index (χ2v) is 10.4. The van der Waals surface area contributed by atoms with Crippen LogP contribution in [0.25, 0.3) is 0 Å². The van der Waals surface area contributed by atoms with Crippen LogP contribution in [0.3, 0.4) is 0 Å². The van der Waals surface area contributed by atoms with Gasteiger partial charge < -0.3 is 24.6 Å². The second-order valence-electron chi connectivity index (χ2n) is 10.4. The molecule has 39 heavy (non-hydrogen) atoms. The van der Waals surface area contributed by atoms with Gasteiger partial charge in [-0.15, -0.1) is 0 Å². The number of aromatic nitrogens is 3. The lowest BCUT2D eigenvalue weighted by Crippen LogP contribution is -2.37. The van der Waals surface area contributed by atoms with Crippen LogP contribution in [-0.4, -0.2) is 60.3 Å². The zero-order valence-corrected chi connectivity index (χ0v) is 22.0. The van der Waals surface area contributed by atoms with E-state index in [9.17, 15) is 10.1 Å². The van der Waals surface area contributed by atoms with Gasteiger partial charge >= 0.3 is 0 Å². The summed E-state index contributed by atoms with van der Waals surface area (Å²) in [6.07, 6.45) is 6.42. The first kappa shape index (κ1) is 25.2. The number of benzene rings is 1. The van der Waals surface area contributed by atoms with Crippen molar-refractivity contribution in [2.24, 2.45) is 0 Å². The Morgan fingerprint density at radius 1 is 1.05 bits per heavy atom. The summed E-state index contributed by atoms with van der Waals surface area (Å²) >= 11 is 0. The molecular weight excluding hydrogens is 494 g/mol. The van der Waals surface area contributed by atoms with E-state index >= 15 is 0 Å². The van der Waals surface area contributed by atoms with E-state index in [-0.39, 0.29) is 5.91 Å². The summed E-state index contributed by atoms with van der Waals surface area (Å²) in [5, 5.41) is 12.7. The largest absolute Gasteiger partial charge is 0.378 e. The fourth-order valence-corrected chi connectivity index (χ4v) is 5.39. The molecule has 1 amide bonds. The van der Waals surface area contributed by atoms with Crippen molar-refractivity contribution in [3.8, 4) is 6.07 Å². The first-order valence-electron chi connectivity index (χ1n) is 13.3. The van der Waals surface area contributed by atoms with Crippen LogP contribution in [0.15, 0.2) is 42.9 Å². The average Bonchev–Trinajstić information content (AvgIpc) is 3.00. The Kier molecular flexibility index (Phi) is 6.85. The number of morpholine rings is 1. The summed E-state index contributed by atoms with van der Waals surface area (Å²) in [5.74, 6) is 1.55. The zero-order chi connectivity index (χ0) is 26.8. The molecule has 200 valence electrons. The van der Waals surface area contributed by atoms with Gasteiger partial charge in [0.05, 0.1) is 57.1 Å². The Morgan fingerprint density at radius 2 is 1.87 bits per heavy atom. The highest BCUT2D eigenvalue weighted by molar-refractivity contribution is 5.94. The minimum atomic E-state index is -0.762. The number of carbonyl (C=O) groups excluding carboxylic acids is 1. The lowest BCUT2D eigenvalue weighted by molar-refractivity contribution is 0.0757. The van der Waals surface area contributed by atoms with Crippen LogP contribution in [0.1, 0.15) is 45.2 Å². The molecule has 10 nitrogen and oxygen atoms in total. The summed E-state index contributed by atoms with van der Waals surface area (Å²) in [6.45, 7) is 7.53. The van der Waals surface area contributed by atoms with Crippen LogP contribution in [0.4, 0.5) is 11.6 Å². The number of amides is 1. The van der Waals surface area contributed by atoms with Crippen molar-refractivity contribution in [3.63, 3.8) is 0 Å². The maximum atomic E-state index is 13.0. The molecular formula is C29H31N7O3. The number of hydrogen-bond acceptors (Lipinski definition) is 9. The first-order valence-corrected chi connectivity index (χ1v) is 13.3. The van der Waals surface area contributed by atoms with Gasteiger partial charge in [0.25, 0.3) is 5.91 Å². The number of pyridine rings is 1. The number of rotatable bonds is 5. The van der Waals surface area contributed by atoms with Gasteiger partial charge in [-0.2, -0.15) is 5.26 Å². The molecule has 10 heteroatoms. The van der Waals surface area contributed by atoms with E-state index in [1.807, 2.05) is 37.6 Å². The summed E-state index contributed by atoms with van der Waals surface area (Å²) in [4.78, 5) is 31.4. The van der Waals surface area contributed by atoms with Crippen LogP contribution in [-0.2, 0) is 41.0 Å². The Balaban J connectivity index is 1.13. The fraction of sp³-hybridized carbons (Fsp3) is 0.414. The van der Waals surface area contributed by atoms with Crippen molar-refractivity contribution in [2.75, 3.05) is 49.3 Å².